The second-order valence-electron chi connectivity index (χ2n) is 5.36. The average molecular weight is 332 g/mol. The zero-order chi connectivity index (χ0) is 16.9. The molecule has 0 unspecified atom stereocenters. The summed E-state index contributed by atoms with van der Waals surface area (Å²) in [6, 6.07) is 14.4. The Balaban J connectivity index is 1.90. The van der Waals surface area contributed by atoms with E-state index >= 15 is 0 Å². The minimum Gasteiger partial charge on any atom is -0.351 e. The van der Waals surface area contributed by atoms with Gasteiger partial charge in [-0.2, -0.15) is 0 Å². The van der Waals surface area contributed by atoms with E-state index in [0.29, 0.717) is 12.1 Å². The third-order valence-electron chi connectivity index (χ3n) is 3.38. The van der Waals surface area contributed by atoms with Gasteiger partial charge in [0.05, 0.1) is 11.4 Å². The van der Waals surface area contributed by atoms with Crippen LogP contribution in [-0.2, 0) is 21.4 Å². The Kier molecular flexibility index (Phi) is 5.52. The lowest BCUT2D eigenvalue weighted by Crippen LogP contribution is -2.36. The molecular formula is C17H20N2O3S. The largest absolute Gasteiger partial charge is 0.351 e. The van der Waals surface area contributed by atoms with E-state index in [4.69, 9.17) is 0 Å². The van der Waals surface area contributed by atoms with Gasteiger partial charge in [-0.1, -0.05) is 48.0 Å². The number of hydrogen-bond acceptors (Lipinski definition) is 3. The number of aryl methyl sites for hydroxylation is 2. The van der Waals surface area contributed by atoms with Gasteiger partial charge in [0.2, 0.25) is 15.9 Å². The summed E-state index contributed by atoms with van der Waals surface area (Å²) in [5, 5.41) is 2.70. The van der Waals surface area contributed by atoms with Crippen LogP contribution in [-0.4, -0.2) is 20.9 Å². The smallest absolute Gasteiger partial charge is 0.241 e. The number of rotatable bonds is 6. The predicted octanol–water partition coefficient (Wildman–Crippen LogP) is 1.90. The minimum atomic E-state index is -3.69. The summed E-state index contributed by atoms with van der Waals surface area (Å²) in [5.41, 5.74) is 2.72. The summed E-state index contributed by atoms with van der Waals surface area (Å²) >= 11 is 0. The molecule has 0 saturated heterocycles. The van der Waals surface area contributed by atoms with Crippen molar-refractivity contribution in [3.63, 3.8) is 0 Å². The van der Waals surface area contributed by atoms with Gasteiger partial charge in [-0.15, -0.1) is 0 Å². The quantitative estimate of drug-likeness (QED) is 0.848. The lowest BCUT2D eigenvalue weighted by Gasteiger charge is -2.10. The normalized spacial score (nSPS) is 11.2. The van der Waals surface area contributed by atoms with Crippen LogP contribution in [0.15, 0.2) is 53.4 Å². The number of sulfonamides is 1. The first-order chi connectivity index (χ1) is 10.9. The Morgan fingerprint density at radius 1 is 1.04 bits per heavy atom. The van der Waals surface area contributed by atoms with E-state index in [1.165, 1.54) is 6.07 Å². The van der Waals surface area contributed by atoms with Gasteiger partial charge in [0.1, 0.15) is 0 Å². The summed E-state index contributed by atoms with van der Waals surface area (Å²) in [6.45, 7) is 3.77. The van der Waals surface area contributed by atoms with Crippen molar-refractivity contribution in [1.82, 2.24) is 10.0 Å². The number of nitrogens with one attached hydrogen (secondary N) is 2. The van der Waals surface area contributed by atoms with Crippen LogP contribution in [0.25, 0.3) is 0 Å². The van der Waals surface area contributed by atoms with Crippen molar-refractivity contribution in [2.45, 2.75) is 25.3 Å². The molecule has 0 aliphatic carbocycles. The lowest BCUT2D eigenvalue weighted by atomic mass is 10.1. The van der Waals surface area contributed by atoms with E-state index < -0.39 is 10.0 Å². The molecule has 0 saturated carbocycles. The van der Waals surface area contributed by atoms with Gasteiger partial charge in [0.15, 0.2) is 0 Å². The molecule has 2 aromatic carbocycles. The molecule has 0 aromatic heterocycles. The van der Waals surface area contributed by atoms with Crippen LogP contribution in [0.5, 0.6) is 0 Å². The van der Waals surface area contributed by atoms with E-state index in [0.717, 1.165) is 11.1 Å². The van der Waals surface area contributed by atoms with Gasteiger partial charge < -0.3 is 5.32 Å². The highest BCUT2D eigenvalue weighted by Gasteiger charge is 2.17. The fourth-order valence-corrected chi connectivity index (χ4v) is 3.41. The van der Waals surface area contributed by atoms with Crippen LogP contribution in [0, 0.1) is 13.8 Å². The van der Waals surface area contributed by atoms with Crippen molar-refractivity contribution < 1.29 is 13.2 Å². The molecule has 5 nitrogen and oxygen atoms in total. The Morgan fingerprint density at radius 3 is 2.48 bits per heavy atom. The molecule has 0 radical (unpaired) electrons. The van der Waals surface area contributed by atoms with Crippen molar-refractivity contribution in [2.75, 3.05) is 6.54 Å². The Labute approximate surface area is 136 Å². The van der Waals surface area contributed by atoms with Gasteiger partial charge in [0, 0.05) is 6.54 Å². The molecule has 0 aliphatic heterocycles. The van der Waals surface area contributed by atoms with Crippen LogP contribution in [0.3, 0.4) is 0 Å². The number of carbonyl (C=O) groups excluding carboxylic acids is 1. The van der Waals surface area contributed by atoms with Crippen LogP contribution in [0.1, 0.15) is 16.7 Å². The summed E-state index contributed by atoms with van der Waals surface area (Å²) < 4.78 is 26.7. The van der Waals surface area contributed by atoms with E-state index in [-0.39, 0.29) is 17.3 Å². The van der Waals surface area contributed by atoms with E-state index in [1.54, 1.807) is 25.1 Å². The maximum absolute atomic E-state index is 12.2. The Bertz CT molecular complexity index is 801. The molecule has 23 heavy (non-hydrogen) atoms. The molecular weight excluding hydrogens is 312 g/mol. The third kappa shape index (κ3) is 4.91. The molecule has 2 rings (SSSR count). The lowest BCUT2D eigenvalue weighted by molar-refractivity contribution is -0.120. The molecule has 0 heterocycles. The second kappa shape index (κ2) is 7.39. The first-order valence-corrected chi connectivity index (χ1v) is 8.74. The van der Waals surface area contributed by atoms with Crippen LogP contribution >= 0.6 is 0 Å². The van der Waals surface area contributed by atoms with Crippen molar-refractivity contribution in [3.8, 4) is 0 Å². The maximum atomic E-state index is 12.2. The molecule has 0 spiro atoms. The molecule has 1 amide bonds. The SMILES string of the molecule is Cc1cccc(CNC(=O)CNS(=O)(=O)c2ccccc2C)c1. The third-order valence-corrected chi connectivity index (χ3v) is 4.94. The van der Waals surface area contributed by atoms with Crippen molar-refractivity contribution in [3.05, 3.63) is 65.2 Å². The first-order valence-electron chi connectivity index (χ1n) is 7.26. The minimum absolute atomic E-state index is 0.187. The van der Waals surface area contributed by atoms with E-state index in [2.05, 4.69) is 10.0 Å². The monoisotopic (exact) mass is 332 g/mol. The summed E-state index contributed by atoms with van der Waals surface area (Å²) in [5.74, 6) is -0.372. The molecule has 6 heteroatoms. The topological polar surface area (TPSA) is 75.3 Å². The number of amides is 1. The van der Waals surface area contributed by atoms with Crippen LogP contribution < -0.4 is 10.0 Å². The van der Waals surface area contributed by atoms with Crippen LogP contribution in [0.4, 0.5) is 0 Å². The van der Waals surface area contributed by atoms with Crippen molar-refractivity contribution in [2.24, 2.45) is 0 Å². The molecule has 2 aromatic rings. The van der Waals surface area contributed by atoms with Gasteiger partial charge in [-0.25, -0.2) is 13.1 Å². The highest BCUT2D eigenvalue weighted by molar-refractivity contribution is 7.89. The molecule has 2 N–H and O–H groups in total. The van der Waals surface area contributed by atoms with Crippen molar-refractivity contribution in [1.29, 1.82) is 0 Å². The van der Waals surface area contributed by atoms with Gasteiger partial charge in [-0.05, 0) is 31.0 Å². The molecule has 0 aliphatic rings. The standard InChI is InChI=1S/C17H20N2O3S/c1-13-6-5-8-15(10-13)11-18-17(20)12-19-23(21,22)16-9-4-3-7-14(16)2/h3-10,19H,11-12H2,1-2H3,(H,18,20). The Morgan fingerprint density at radius 2 is 1.78 bits per heavy atom. The summed E-state index contributed by atoms with van der Waals surface area (Å²) in [7, 11) is -3.69. The molecule has 122 valence electrons. The highest BCUT2D eigenvalue weighted by Crippen LogP contribution is 2.13. The summed E-state index contributed by atoms with van der Waals surface area (Å²) in [4.78, 5) is 12.0. The van der Waals surface area contributed by atoms with Crippen LogP contribution in [0.2, 0.25) is 0 Å². The number of carbonyl (C=O) groups is 1. The van der Waals surface area contributed by atoms with E-state index in [9.17, 15) is 13.2 Å². The van der Waals surface area contributed by atoms with Gasteiger partial charge >= 0.3 is 0 Å². The zero-order valence-corrected chi connectivity index (χ0v) is 14.0. The fraction of sp³-hybridized carbons (Fsp3) is 0.235. The van der Waals surface area contributed by atoms with E-state index in [1.807, 2.05) is 31.2 Å². The molecule has 0 bridgehead atoms. The maximum Gasteiger partial charge on any atom is 0.241 e. The second-order valence-corrected chi connectivity index (χ2v) is 7.09. The predicted molar refractivity (Wildman–Crippen MR) is 89.4 cm³/mol. The zero-order valence-electron chi connectivity index (χ0n) is 13.2. The van der Waals surface area contributed by atoms with Gasteiger partial charge in [-0.3, -0.25) is 4.79 Å². The first kappa shape index (κ1) is 17.2. The fourth-order valence-electron chi connectivity index (χ4n) is 2.18. The molecule has 0 atom stereocenters. The van der Waals surface area contributed by atoms with Crippen molar-refractivity contribution >= 4 is 15.9 Å². The Hall–Kier alpha value is -2.18. The average Bonchev–Trinajstić information content (AvgIpc) is 2.51. The number of benzene rings is 2. The summed E-state index contributed by atoms with van der Waals surface area (Å²) in [6.07, 6.45) is 0. The molecule has 0 fully saturated rings. The van der Waals surface area contributed by atoms with Gasteiger partial charge in [0.25, 0.3) is 0 Å². The highest BCUT2D eigenvalue weighted by atomic mass is 32.2. The number of hydrogen-bond donors (Lipinski definition) is 2.